The summed E-state index contributed by atoms with van der Waals surface area (Å²) in [6, 6.07) is 2.16. The molecule has 1 aliphatic heterocycles. The van der Waals surface area contributed by atoms with Crippen LogP contribution in [0.4, 0.5) is 0 Å². The van der Waals surface area contributed by atoms with Gasteiger partial charge in [0.1, 0.15) is 5.76 Å². The minimum Gasteiger partial charge on any atom is -0.468 e. The van der Waals surface area contributed by atoms with Crippen LogP contribution in [0.3, 0.4) is 0 Å². The van der Waals surface area contributed by atoms with Crippen LogP contribution in [0.2, 0.25) is 0 Å². The lowest BCUT2D eigenvalue weighted by Gasteiger charge is -2.46. The van der Waals surface area contributed by atoms with Gasteiger partial charge in [0.15, 0.2) is 0 Å². The van der Waals surface area contributed by atoms with E-state index in [2.05, 4.69) is 25.2 Å². The summed E-state index contributed by atoms with van der Waals surface area (Å²) in [6.07, 6.45) is 5.55. The Labute approximate surface area is 91.0 Å². The summed E-state index contributed by atoms with van der Waals surface area (Å²) in [7, 11) is 0. The van der Waals surface area contributed by atoms with Gasteiger partial charge in [-0.05, 0) is 42.9 Å². The van der Waals surface area contributed by atoms with Crippen molar-refractivity contribution in [3.05, 3.63) is 23.7 Å². The zero-order valence-corrected chi connectivity index (χ0v) is 9.60. The molecule has 1 aromatic rings. The Hall–Kier alpha value is -0.760. The van der Waals surface area contributed by atoms with E-state index in [0.717, 1.165) is 13.1 Å². The average molecular weight is 205 g/mol. The van der Waals surface area contributed by atoms with Gasteiger partial charge in [0.25, 0.3) is 0 Å². The Balaban J connectivity index is 2.16. The molecule has 15 heavy (non-hydrogen) atoms. The molecule has 1 fully saturated rings. The molecule has 0 amide bonds. The van der Waals surface area contributed by atoms with Crippen molar-refractivity contribution in [2.75, 3.05) is 13.1 Å². The monoisotopic (exact) mass is 205 g/mol. The number of furan rings is 1. The van der Waals surface area contributed by atoms with Crippen LogP contribution >= 0.6 is 0 Å². The summed E-state index contributed by atoms with van der Waals surface area (Å²) < 4.78 is 5.79. The summed E-state index contributed by atoms with van der Waals surface area (Å²) in [5.74, 6) is 1.27. The third-order valence-electron chi connectivity index (χ3n) is 4.65. The molecule has 2 aliphatic rings. The highest BCUT2D eigenvalue weighted by molar-refractivity contribution is 5.33. The molecule has 2 nitrogen and oxygen atoms in total. The van der Waals surface area contributed by atoms with Crippen molar-refractivity contribution in [2.45, 2.75) is 38.5 Å². The van der Waals surface area contributed by atoms with Crippen LogP contribution in [0.25, 0.3) is 0 Å². The molecule has 2 heteroatoms. The fourth-order valence-electron chi connectivity index (χ4n) is 3.41. The van der Waals surface area contributed by atoms with Gasteiger partial charge in [-0.2, -0.15) is 0 Å². The van der Waals surface area contributed by atoms with E-state index in [0.29, 0.717) is 5.41 Å². The van der Waals surface area contributed by atoms with Crippen LogP contribution in [-0.4, -0.2) is 13.1 Å². The van der Waals surface area contributed by atoms with Gasteiger partial charge in [0, 0.05) is 12.0 Å². The molecule has 82 valence electrons. The molecule has 0 aromatic carbocycles. The first kappa shape index (κ1) is 9.46. The van der Waals surface area contributed by atoms with Crippen LogP contribution < -0.4 is 5.32 Å². The second-order valence-electron chi connectivity index (χ2n) is 5.67. The van der Waals surface area contributed by atoms with E-state index in [9.17, 15) is 0 Å². The quantitative estimate of drug-likeness (QED) is 0.704. The predicted molar refractivity (Wildman–Crippen MR) is 60.0 cm³/mol. The molecule has 1 aliphatic carbocycles. The topological polar surface area (TPSA) is 25.2 Å². The Morgan fingerprint density at radius 1 is 1.33 bits per heavy atom. The maximum absolute atomic E-state index is 5.79. The van der Waals surface area contributed by atoms with Gasteiger partial charge in [-0.1, -0.05) is 13.8 Å². The number of aryl methyl sites for hydroxylation is 1. The van der Waals surface area contributed by atoms with E-state index in [1.54, 1.807) is 0 Å². The van der Waals surface area contributed by atoms with E-state index in [1.807, 2.05) is 6.26 Å². The predicted octanol–water partition coefficient (Wildman–Crippen LogP) is 2.48. The molecule has 0 saturated carbocycles. The molecule has 1 N–H and O–H groups in total. The highest BCUT2D eigenvalue weighted by Crippen LogP contribution is 2.53. The molecule has 0 radical (unpaired) electrons. The zero-order chi connectivity index (χ0) is 10.5. The number of rotatable bonds is 0. The summed E-state index contributed by atoms with van der Waals surface area (Å²) in [5, 5.41) is 3.51. The zero-order valence-electron chi connectivity index (χ0n) is 9.60. The fraction of sp³-hybridized carbons (Fsp3) is 0.692. The standard InChI is InChI=1S/C13H19NO/c1-12(2)5-3-10-4-8-15-11(10)13(12)6-7-14-9-13/h4,8,14H,3,5-7,9H2,1-2H3. The van der Waals surface area contributed by atoms with Crippen LogP contribution in [0.5, 0.6) is 0 Å². The second kappa shape index (κ2) is 2.88. The van der Waals surface area contributed by atoms with Crippen molar-refractivity contribution in [3.8, 4) is 0 Å². The molecule has 2 heterocycles. The van der Waals surface area contributed by atoms with Gasteiger partial charge >= 0.3 is 0 Å². The lowest BCUT2D eigenvalue weighted by atomic mass is 9.57. The first-order valence-corrected chi connectivity index (χ1v) is 5.93. The van der Waals surface area contributed by atoms with Gasteiger partial charge < -0.3 is 9.73 Å². The second-order valence-corrected chi connectivity index (χ2v) is 5.67. The number of fused-ring (bicyclic) bond motifs is 2. The maximum atomic E-state index is 5.79. The number of nitrogens with one attached hydrogen (secondary N) is 1. The first-order valence-electron chi connectivity index (χ1n) is 5.93. The van der Waals surface area contributed by atoms with Crippen molar-refractivity contribution < 1.29 is 4.42 Å². The van der Waals surface area contributed by atoms with Gasteiger partial charge in [0.2, 0.25) is 0 Å². The Kier molecular flexibility index (Phi) is 1.82. The number of hydrogen-bond acceptors (Lipinski definition) is 2. The van der Waals surface area contributed by atoms with E-state index in [4.69, 9.17) is 4.42 Å². The molecular weight excluding hydrogens is 186 g/mol. The summed E-state index contributed by atoms with van der Waals surface area (Å²) >= 11 is 0. The first-order chi connectivity index (χ1) is 7.16. The van der Waals surface area contributed by atoms with Crippen molar-refractivity contribution >= 4 is 0 Å². The maximum Gasteiger partial charge on any atom is 0.114 e. The molecule has 1 atom stereocenters. The van der Waals surface area contributed by atoms with Crippen LogP contribution in [0, 0.1) is 5.41 Å². The average Bonchev–Trinajstić information content (AvgIpc) is 2.83. The normalized spacial score (nSPS) is 33.2. The summed E-state index contributed by atoms with van der Waals surface area (Å²) in [6.45, 7) is 7.00. The lowest BCUT2D eigenvalue weighted by molar-refractivity contribution is 0.119. The van der Waals surface area contributed by atoms with E-state index < -0.39 is 0 Å². The van der Waals surface area contributed by atoms with Gasteiger partial charge in [0.05, 0.1) is 6.26 Å². The molecule has 1 saturated heterocycles. The molecule has 1 unspecified atom stereocenters. The minimum absolute atomic E-state index is 0.254. The van der Waals surface area contributed by atoms with Crippen molar-refractivity contribution in [2.24, 2.45) is 5.41 Å². The number of hydrogen-bond donors (Lipinski definition) is 1. The lowest BCUT2D eigenvalue weighted by Crippen LogP contribution is -2.46. The van der Waals surface area contributed by atoms with Gasteiger partial charge in [-0.15, -0.1) is 0 Å². The smallest absolute Gasteiger partial charge is 0.114 e. The molecule has 0 bridgehead atoms. The minimum atomic E-state index is 0.254. The third kappa shape index (κ3) is 1.09. The Morgan fingerprint density at radius 2 is 2.20 bits per heavy atom. The SMILES string of the molecule is CC1(C)CCc2ccoc2C12CCNC2. The van der Waals surface area contributed by atoms with Crippen molar-refractivity contribution in [1.29, 1.82) is 0 Å². The van der Waals surface area contributed by atoms with Crippen molar-refractivity contribution in [1.82, 2.24) is 5.32 Å². The largest absolute Gasteiger partial charge is 0.468 e. The highest BCUT2D eigenvalue weighted by Gasteiger charge is 2.53. The summed E-state index contributed by atoms with van der Waals surface area (Å²) in [5.41, 5.74) is 2.06. The van der Waals surface area contributed by atoms with Gasteiger partial charge in [-0.25, -0.2) is 0 Å². The van der Waals surface area contributed by atoms with E-state index in [1.165, 1.54) is 30.6 Å². The Morgan fingerprint density at radius 3 is 2.93 bits per heavy atom. The van der Waals surface area contributed by atoms with Gasteiger partial charge in [-0.3, -0.25) is 0 Å². The van der Waals surface area contributed by atoms with Crippen LogP contribution in [0.15, 0.2) is 16.7 Å². The summed E-state index contributed by atoms with van der Waals surface area (Å²) in [4.78, 5) is 0. The highest BCUT2D eigenvalue weighted by atomic mass is 16.3. The van der Waals surface area contributed by atoms with E-state index in [-0.39, 0.29) is 5.41 Å². The van der Waals surface area contributed by atoms with Crippen molar-refractivity contribution in [3.63, 3.8) is 0 Å². The molecule has 1 aromatic heterocycles. The fourth-order valence-corrected chi connectivity index (χ4v) is 3.41. The Bertz CT molecular complexity index is 372. The molecule has 1 spiro atoms. The van der Waals surface area contributed by atoms with E-state index >= 15 is 0 Å². The molecule has 3 rings (SSSR count). The third-order valence-corrected chi connectivity index (χ3v) is 4.65. The van der Waals surface area contributed by atoms with Crippen LogP contribution in [-0.2, 0) is 11.8 Å². The van der Waals surface area contributed by atoms with Crippen LogP contribution in [0.1, 0.15) is 38.0 Å². The molecular formula is C13H19NO.